The summed E-state index contributed by atoms with van der Waals surface area (Å²) >= 11 is 0. The highest BCUT2D eigenvalue weighted by atomic mass is 19.1. The van der Waals surface area contributed by atoms with E-state index < -0.39 is 0 Å². The average molecular weight is 321 g/mol. The number of halogens is 1. The lowest BCUT2D eigenvalue weighted by Crippen LogP contribution is -2.34. The van der Waals surface area contributed by atoms with Gasteiger partial charge in [0.1, 0.15) is 17.7 Å². The summed E-state index contributed by atoms with van der Waals surface area (Å²) in [5, 5.41) is 5.03. The quantitative estimate of drug-likeness (QED) is 0.798. The number of benzene rings is 3. The summed E-state index contributed by atoms with van der Waals surface area (Å²) in [4.78, 5) is 12.3. The van der Waals surface area contributed by atoms with Crippen LogP contribution in [0.2, 0.25) is 0 Å². The van der Waals surface area contributed by atoms with Gasteiger partial charge in [-0.2, -0.15) is 0 Å². The minimum absolute atomic E-state index is 0.133. The molecule has 0 bridgehead atoms. The SMILES string of the molecule is O=C(NCC1Cc2cc(F)ccc2O1)c1ccc2ccccc2c1. The van der Waals surface area contributed by atoms with Crippen LogP contribution in [0, 0.1) is 5.82 Å². The lowest BCUT2D eigenvalue weighted by molar-refractivity contribution is 0.0933. The maximum Gasteiger partial charge on any atom is 0.251 e. The second kappa shape index (κ2) is 5.96. The number of fused-ring (bicyclic) bond motifs is 2. The van der Waals surface area contributed by atoms with Gasteiger partial charge >= 0.3 is 0 Å². The third-order valence-corrected chi connectivity index (χ3v) is 4.27. The molecule has 1 amide bonds. The molecule has 1 atom stereocenters. The Morgan fingerprint density at radius 2 is 1.92 bits per heavy atom. The van der Waals surface area contributed by atoms with Crippen molar-refractivity contribution in [3.05, 3.63) is 77.6 Å². The Morgan fingerprint density at radius 3 is 2.79 bits per heavy atom. The van der Waals surface area contributed by atoms with Crippen molar-refractivity contribution in [1.29, 1.82) is 0 Å². The molecule has 1 heterocycles. The molecule has 1 N–H and O–H groups in total. The Bertz CT molecular complexity index is 922. The molecule has 1 unspecified atom stereocenters. The van der Waals surface area contributed by atoms with E-state index >= 15 is 0 Å². The van der Waals surface area contributed by atoms with Gasteiger partial charge in [-0.3, -0.25) is 4.79 Å². The van der Waals surface area contributed by atoms with Crippen LogP contribution in [-0.2, 0) is 6.42 Å². The van der Waals surface area contributed by atoms with Crippen LogP contribution in [-0.4, -0.2) is 18.6 Å². The molecule has 1 aliphatic rings. The van der Waals surface area contributed by atoms with Crippen LogP contribution in [0.4, 0.5) is 4.39 Å². The molecule has 0 aliphatic carbocycles. The Hall–Kier alpha value is -2.88. The van der Waals surface area contributed by atoms with Crippen molar-refractivity contribution < 1.29 is 13.9 Å². The summed E-state index contributed by atoms with van der Waals surface area (Å²) in [6.07, 6.45) is 0.441. The second-order valence-electron chi connectivity index (χ2n) is 5.97. The highest BCUT2D eigenvalue weighted by molar-refractivity contribution is 5.98. The molecule has 24 heavy (non-hydrogen) atoms. The molecule has 4 heteroatoms. The van der Waals surface area contributed by atoms with Gasteiger partial charge in [0.2, 0.25) is 0 Å². The molecule has 0 fully saturated rings. The lowest BCUT2D eigenvalue weighted by atomic mass is 10.1. The maximum absolute atomic E-state index is 13.2. The summed E-state index contributed by atoms with van der Waals surface area (Å²) < 4.78 is 19.0. The predicted molar refractivity (Wildman–Crippen MR) is 90.8 cm³/mol. The highest BCUT2D eigenvalue weighted by Crippen LogP contribution is 2.29. The first-order valence-electron chi connectivity index (χ1n) is 7.91. The van der Waals surface area contributed by atoms with Gasteiger partial charge in [0.05, 0.1) is 6.54 Å². The van der Waals surface area contributed by atoms with Gasteiger partial charge in [0.25, 0.3) is 5.91 Å². The first kappa shape index (κ1) is 14.7. The van der Waals surface area contributed by atoms with E-state index in [2.05, 4.69) is 5.32 Å². The van der Waals surface area contributed by atoms with Gasteiger partial charge in [-0.1, -0.05) is 30.3 Å². The van der Waals surface area contributed by atoms with E-state index in [1.807, 2.05) is 42.5 Å². The van der Waals surface area contributed by atoms with E-state index in [-0.39, 0.29) is 17.8 Å². The molecular formula is C20H16FNO2. The van der Waals surface area contributed by atoms with E-state index in [1.165, 1.54) is 12.1 Å². The van der Waals surface area contributed by atoms with Gasteiger partial charge in [0, 0.05) is 17.5 Å². The van der Waals surface area contributed by atoms with Crippen LogP contribution in [0.5, 0.6) is 5.75 Å². The van der Waals surface area contributed by atoms with Crippen molar-refractivity contribution in [2.24, 2.45) is 0 Å². The van der Waals surface area contributed by atoms with Crippen molar-refractivity contribution in [2.75, 3.05) is 6.54 Å². The third kappa shape index (κ3) is 2.83. The fourth-order valence-electron chi connectivity index (χ4n) is 3.04. The number of hydrogen-bond donors (Lipinski definition) is 1. The Kier molecular flexibility index (Phi) is 3.65. The Labute approximate surface area is 139 Å². The lowest BCUT2D eigenvalue weighted by Gasteiger charge is -2.12. The van der Waals surface area contributed by atoms with Crippen LogP contribution >= 0.6 is 0 Å². The number of amides is 1. The number of nitrogens with one attached hydrogen (secondary N) is 1. The molecule has 0 saturated carbocycles. The monoisotopic (exact) mass is 321 g/mol. The van der Waals surface area contributed by atoms with E-state index in [0.717, 1.165) is 16.3 Å². The summed E-state index contributed by atoms with van der Waals surface area (Å²) in [5.41, 5.74) is 1.47. The van der Waals surface area contributed by atoms with E-state index in [0.29, 0.717) is 24.3 Å². The van der Waals surface area contributed by atoms with E-state index in [1.54, 1.807) is 6.07 Å². The molecule has 3 aromatic carbocycles. The van der Waals surface area contributed by atoms with Gasteiger partial charge in [-0.05, 0) is 41.1 Å². The van der Waals surface area contributed by atoms with E-state index in [9.17, 15) is 9.18 Å². The largest absolute Gasteiger partial charge is 0.488 e. The number of hydrogen-bond acceptors (Lipinski definition) is 2. The van der Waals surface area contributed by atoms with E-state index in [4.69, 9.17) is 4.74 Å². The standard InChI is InChI=1S/C20H16FNO2/c21-17-7-8-19-16(10-17)11-18(24-19)12-22-20(23)15-6-5-13-3-1-2-4-14(13)9-15/h1-10,18H,11-12H2,(H,22,23). The van der Waals surface area contributed by atoms with Crippen molar-refractivity contribution in [3.63, 3.8) is 0 Å². The van der Waals surface area contributed by atoms with Crippen LogP contribution < -0.4 is 10.1 Å². The molecule has 0 aromatic heterocycles. The van der Waals surface area contributed by atoms with Crippen molar-refractivity contribution in [2.45, 2.75) is 12.5 Å². The molecular weight excluding hydrogens is 305 g/mol. The zero-order valence-corrected chi connectivity index (χ0v) is 13.0. The number of carbonyl (C=O) groups is 1. The average Bonchev–Trinajstić information content (AvgIpc) is 3.01. The summed E-state index contributed by atoms with van der Waals surface area (Å²) in [6, 6.07) is 18.1. The van der Waals surface area contributed by atoms with Crippen LogP contribution in [0.15, 0.2) is 60.7 Å². The summed E-state index contributed by atoms with van der Waals surface area (Å²) in [7, 11) is 0. The Morgan fingerprint density at radius 1 is 1.08 bits per heavy atom. The minimum Gasteiger partial charge on any atom is -0.488 e. The van der Waals surface area contributed by atoms with Crippen molar-refractivity contribution >= 4 is 16.7 Å². The molecule has 0 radical (unpaired) electrons. The van der Waals surface area contributed by atoms with Crippen LogP contribution in [0.25, 0.3) is 10.8 Å². The molecule has 1 aliphatic heterocycles. The maximum atomic E-state index is 13.2. The molecule has 3 aromatic rings. The smallest absolute Gasteiger partial charge is 0.251 e. The third-order valence-electron chi connectivity index (χ3n) is 4.27. The predicted octanol–water partition coefficient (Wildman–Crippen LogP) is 3.71. The second-order valence-corrected chi connectivity index (χ2v) is 5.97. The molecule has 4 rings (SSSR count). The number of carbonyl (C=O) groups excluding carboxylic acids is 1. The van der Waals surface area contributed by atoms with Gasteiger partial charge in [0.15, 0.2) is 0 Å². The fourth-order valence-corrected chi connectivity index (χ4v) is 3.04. The first-order chi connectivity index (χ1) is 11.7. The van der Waals surface area contributed by atoms with Crippen LogP contribution in [0.1, 0.15) is 15.9 Å². The fraction of sp³-hybridized carbons (Fsp3) is 0.150. The number of ether oxygens (including phenoxy) is 1. The molecule has 0 spiro atoms. The summed E-state index contributed by atoms with van der Waals surface area (Å²) in [5.74, 6) is 0.297. The van der Waals surface area contributed by atoms with Gasteiger partial charge < -0.3 is 10.1 Å². The van der Waals surface area contributed by atoms with Crippen molar-refractivity contribution in [1.82, 2.24) is 5.32 Å². The molecule has 120 valence electrons. The normalized spacial score (nSPS) is 15.8. The zero-order chi connectivity index (χ0) is 16.5. The highest BCUT2D eigenvalue weighted by Gasteiger charge is 2.23. The Balaban J connectivity index is 1.41. The molecule has 0 saturated heterocycles. The number of rotatable bonds is 3. The molecule has 3 nitrogen and oxygen atoms in total. The topological polar surface area (TPSA) is 38.3 Å². The minimum atomic E-state index is -0.266. The first-order valence-corrected chi connectivity index (χ1v) is 7.91. The van der Waals surface area contributed by atoms with Gasteiger partial charge in [-0.15, -0.1) is 0 Å². The van der Waals surface area contributed by atoms with Crippen LogP contribution in [0.3, 0.4) is 0 Å². The van der Waals surface area contributed by atoms with Gasteiger partial charge in [-0.25, -0.2) is 4.39 Å². The van der Waals surface area contributed by atoms with Crippen molar-refractivity contribution in [3.8, 4) is 5.75 Å². The zero-order valence-electron chi connectivity index (χ0n) is 13.0. The summed E-state index contributed by atoms with van der Waals surface area (Å²) in [6.45, 7) is 0.391.